The van der Waals surface area contributed by atoms with Crippen molar-refractivity contribution in [1.29, 1.82) is 0 Å². The number of hydrogen-bond donors (Lipinski definition) is 1. The molecule has 2 aromatic rings. The lowest BCUT2D eigenvalue weighted by Gasteiger charge is -2.10. The van der Waals surface area contributed by atoms with E-state index in [4.69, 9.17) is 9.47 Å². The van der Waals surface area contributed by atoms with Crippen LogP contribution in [0.2, 0.25) is 0 Å². The van der Waals surface area contributed by atoms with Crippen LogP contribution in [0.15, 0.2) is 42.5 Å². The number of carbonyl (C=O) groups excluding carboxylic acids is 1. The van der Waals surface area contributed by atoms with Crippen molar-refractivity contribution in [2.24, 2.45) is 0 Å². The fraction of sp³-hybridized carbons (Fsp3) is 0.316. The third-order valence-electron chi connectivity index (χ3n) is 3.43. The molecule has 128 valence electrons. The van der Waals surface area contributed by atoms with Gasteiger partial charge in [-0.25, -0.2) is 4.39 Å². The predicted molar refractivity (Wildman–Crippen MR) is 90.9 cm³/mol. The lowest BCUT2D eigenvalue weighted by Crippen LogP contribution is -2.30. The summed E-state index contributed by atoms with van der Waals surface area (Å²) in [5, 5.41) is 2.75. The summed E-state index contributed by atoms with van der Waals surface area (Å²) in [5.41, 5.74) is 2.15. The number of rotatable bonds is 8. The number of hydrogen-bond acceptors (Lipinski definition) is 3. The Balaban J connectivity index is 1.62. The van der Waals surface area contributed by atoms with Gasteiger partial charge >= 0.3 is 0 Å². The van der Waals surface area contributed by atoms with Crippen molar-refractivity contribution in [1.82, 2.24) is 5.32 Å². The van der Waals surface area contributed by atoms with Gasteiger partial charge in [-0.3, -0.25) is 4.79 Å². The van der Waals surface area contributed by atoms with Gasteiger partial charge in [0.05, 0.1) is 6.61 Å². The van der Waals surface area contributed by atoms with Crippen molar-refractivity contribution in [3.05, 3.63) is 59.4 Å². The number of amides is 1. The zero-order chi connectivity index (χ0) is 17.4. The van der Waals surface area contributed by atoms with E-state index < -0.39 is 0 Å². The molecule has 0 saturated carbocycles. The maximum Gasteiger partial charge on any atom is 0.257 e. The van der Waals surface area contributed by atoms with E-state index >= 15 is 0 Å². The molecule has 1 amide bonds. The molecule has 0 bridgehead atoms. The maximum atomic E-state index is 13.3. The van der Waals surface area contributed by atoms with E-state index in [-0.39, 0.29) is 24.1 Å². The highest BCUT2D eigenvalue weighted by atomic mass is 19.1. The number of nitrogens with one attached hydrogen (secondary N) is 1. The van der Waals surface area contributed by atoms with Gasteiger partial charge < -0.3 is 14.8 Å². The molecule has 1 N–H and O–H groups in total. The first kappa shape index (κ1) is 17.8. The molecule has 0 atom stereocenters. The number of halogens is 1. The van der Waals surface area contributed by atoms with Crippen LogP contribution in [0.25, 0.3) is 0 Å². The Bertz CT molecular complexity index is 688. The minimum absolute atomic E-state index is 0.0297. The molecular formula is C19H22FNO3. The smallest absolute Gasteiger partial charge is 0.257 e. The largest absolute Gasteiger partial charge is 0.490 e. The normalized spacial score (nSPS) is 10.3. The number of ether oxygens (including phenoxy) is 2. The van der Waals surface area contributed by atoms with Crippen molar-refractivity contribution in [3.63, 3.8) is 0 Å². The van der Waals surface area contributed by atoms with E-state index in [9.17, 15) is 9.18 Å². The Morgan fingerprint density at radius 1 is 1.08 bits per heavy atom. The molecule has 0 radical (unpaired) electrons. The molecule has 0 saturated heterocycles. The van der Waals surface area contributed by atoms with Crippen LogP contribution in [-0.2, 0) is 4.79 Å². The SMILES string of the molecule is Cc1ccc(OCC(=O)NCCCOc2ccccc2F)c(C)c1. The summed E-state index contributed by atoms with van der Waals surface area (Å²) in [4.78, 5) is 11.7. The third kappa shape index (κ3) is 5.57. The highest BCUT2D eigenvalue weighted by Crippen LogP contribution is 2.18. The highest BCUT2D eigenvalue weighted by molar-refractivity contribution is 5.77. The molecule has 0 spiro atoms. The molecule has 0 heterocycles. The van der Waals surface area contributed by atoms with Crippen LogP contribution in [0.4, 0.5) is 4.39 Å². The van der Waals surface area contributed by atoms with E-state index in [1.807, 2.05) is 32.0 Å². The molecule has 0 aliphatic heterocycles. The fourth-order valence-electron chi connectivity index (χ4n) is 2.20. The van der Waals surface area contributed by atoms with E-state index in [1.54, 1.807) is 18.2 Å². The molecular weight excluding hydrogens is 309 g/mol. The first-order chi connectivity index (χ1) is 11.6. The summed E-state index contributed by atoms with van der Waals surface area (Å²) >= 11 is 0. The van der Waals surface area contributed by atoms with Gasteiger partial charge in [-0.05, 0) is 44.0 Å². The summed E-state index contributed by atoms with van der Waals surface area (Å²) in [6.45, 7) is 4.70. The molecule has 0 aliphatic rings. The number of aryl methyl sites for hydroxylation is 2. The van der Waals surface area contributed by atoms with Crippen LogP contribution in [0.3, 0.4) is 0 Å². The van der Waals surface area contributed by atoms with Crippen LogP contribution in [0, 0.1) is 19.7 Å². The first-order valence-electron chi connectivity index (χ1n) is 7.90. The van der Waals surface area contributed by atoms with Crippen molar-refractivity contribution in [2.75, 3.05) is 19.8 Å². The van der Waals surface area contributed by atoms with E-state index in [0.717, 1.165) is 11.1 Å². The summed E-state index contributed by atoms with van der Waals surface area (Å²) in [6.07, 6.45) is 0.587. The van der Waals surface area contributed by atoms with Gasteiger partial charge in [0.2, 0.25) is 0 Å². The number of benzene rings is 2. The molecule has 0 aromatic heterocycles. The summed E-state index contributed by atoms with van der Waals surface area (Å²) < 4.78 is 24.2. The van der Waals surface area contributed by atoms with Crippen LogP contribution in [0.5, 0.6) is 11.5 Å². The minimum Gasteiger partial charge on any atom is -0.490 e. The standard InChI is InChI=1S/C19H22FNO3/c1-14-8-9-17(15(2)12-14)24-13-19(22)21-10-5-11-23-18-7-4-3-6-16(18)20/h3-4,6-9,12H,5,10-11,13H2,1-2H3,(H,21,22). The Kier molecular flexibility index (Phi) is 6.61. The molecule has 2 aromatic carbocycles. The molecule has 2 rings (SSSR count). The topological polar surface area (TPSA) is 47.6 Å². The van der Waals surface area contributed by atoms with Crippen LogP contribution >= 0.6 is 0 Å². The van der Waals surface area contributed by atoms with Crippen LogP contribution in [0.1, 0.15) is 17.5 Å². The van der Waals surface area contributed by atoms with Gasteiger partial charge in [-0.15, -0.1) is 0 Å². The van der Waals surface area contributed by atoms with Gasteiger partial charge in [0, 0.05) is 6.54 Å². The molecule has 0 aliphatic carbocycles. The minimum atomic E-state index is -0.386. The Labute approximate surface area is 141 Å². The number of para-hydroxylation sites is 1. The Morgan fingerprint density at radius 2 is 1.88 bits per heavy atom. The van der Waals surface area contributed by atoms with Crippen LogP contribution < -0.4 is 14.8 Å². The summed E-state index contributed by atoms with van der Waals surface area (Å²) in [5.74, 6) is 0.352. The highest BCUT2D eigenvalue weighted by Gasteiger charge is 2.05. The molecule has 24 heavy (non-hydrogen) atoms. The second-order valence-electron chi connectivity index (χ2n) is 5.54. The molecule has 4 nitrogen and oxygen atoms in total. The molecule has 0 unspecified atom stereocenters. The van der Waals surface area contributed by atoms with Crippen molar-refractivity contribution < 1.29 is 18.7 Å². The number of carbonyl (C=O) groups is 1. The second-order valence-corrected chi connectivity index (χ2v) is 5.54. The first-order valence-corrected chi connectivity index (χ1v) is 7.90. The second kappa shape index (κ2) is 8.91. The fourth-order valence-corrected chi connectivity index (χ4v) is 2.20. The summed E-state index contributed by atoms with van der Waals surface area (Å²) in [6, 6.07) is 12.1. The van der Waals surface area contributed by atoms with E-state index in [2.05, 4.69) is 5.32 Å². The monoisotopic (exact) mass is 331 g/mol. The Morgan fingerprint density at radius 3 is 2.62 bits per heavy atom. The van der Waals surface area contributed by atoms with Gasteiger partial charge in [-0.1, -0.05) is 29.8 Å². The quantitative estimate of drug-likeness (QED) is 0.754. The van der Waals surface area contributed by atoms with Gasteiger partial charge in [0.15, 0.2) is 18.2 Å². The average Bonchev–Trinajstić information content (AvgIpc) is 2.55. The zero-order valence-corrected chi connectivity index (χ0v) is 14.0. The van der Waals surface area contributed by atoms with Crippen molar-refractivity contribution in [2.45, 2.75) is 20.3 Å². The lowest BCUT2D eigenvalue weighted by molar-refractivity contribution is -0.123. The average molecular weight is 331 g/mol. The van der Waals surface area contributed by atoms with Crippen molar-refractivity contribution in [3.8, 4) is 11.5 Å². The summed E-state index contributed by atoms with van der Waals surface area (Å²) in [7, 11) is 0. The van der Waals surface area contributed by atoms with Gasteiger partial charge in [0.25, 0.3) is 5.91 Å². The lowest BCUT2D eigenvalue weighted by atomic mass is 10.1. The van der Waals surface area contributed by atoms with Gasteiger partial charge in [-0.2, -0.15) is 0 Å². The van der Waals surface area contributed by atoms with Gasteiger partial charge in [0.1, 0.15) is 5.75 Å². The third-order valence-corrected chi connectivity index (χ3v) is 3.43. The van der Waals surface area contributed by atoms with E-state index in [1.165, 1.54) is 6.07 Å². The van der Waals surface area contributed by atoms with Crippen LogP contribution in [-0.4, -0.2) is 25.7 Å². The molecule has 5 heteroatoms. The zero-order valence-electron chi connectivity index (χ0n) is 14.0. The maximum absolute atomic E-state index is 13.3. The Hall–Kier alpha value is -2.56. The van der Waals surface area contributed by atoms with Crippen molar-refractivity contribution >= 4 is 5.91 Å². The predicted octanol–water partition coefficient (Wildman–Crippen LogP) is 3.41. The van der Waals surface area contributed by atoms with E-state index in [0.29, 0.717) is 25.3 Å². The molecule has 0 fully saturated rings.